The number of methoxy groups -OCH3 is 1. The second kappa shape index (κ2) is 3.14. The average Bonchev–Trinajstić information content (AvgIpc) is 2.88. The summed E-state index contributed by atoms with van der Waals surface area (Å²) >= 11 is 6.05. The highest BCUT2D eigenvalue weighted by Gasteiger charge is 2.42. The first kappa shape index (κ1) is 9.81. The van der Waals surface area contributed by atoms with Crippen LogP contribution in [0.5, 0.6) is 5.75 Å². The van der Waals surface area contributed by atoms with E-state index < -0.39 is 0 Å². The number of benzene rings is 1. The summed E-state index contributed by atoms with van der Waals surface area (Å²) in [6.07, 6.45) is 0. The van der Waals surface area contributed by atoms with Crippen LogP contribution in [0, 0.1) is 6.92 Å². The molecule has 1 saturated heterocycles. The highest BCUT2D eigenvalue weighted by Crippen LogP contribution is 2.42. The maximum Gasteiger partial charge on any atom is 0.137 e. The molecule has 0 aliphatic carbocycles. The molecule has 3 heteroatoms. The van der Waals surface area contributed by atoms with Gasteiger partial charge in [0.2, 0.25) is 0 Å². The molecule has 0 aromatic heterocycles. The Kier molecular flexibility index (Phi) is 2.20. The zero-order valence-electron chi connectivity index (χ0n) is 8.56. The first-order valence-electron chi connectivity index (χ1n) is 4.55. The molecule has 2 nitrogen and oxygen atoms in total. The van der Waals surface area contributed by atoms with Gasteiger partial charge in [-0.3, -0.25) is 0 Å². The van der Waals surface area contributed by atoms with Crippen LogP contribution < -0.4 is 4.74 Å². The normalized spacial score (nSPS) is 24.9. The molecule has 1 aromatic rings. The predicted molar refractivity (Wildman–Crippen MR) is 56.0 cm³/mol. The Hall–Kier alpha value is -0.730. The smallest absolute Gasteiger partial charge is 0.137 e. The second-order valence-corrected chi connectivity index (χ2v) is 4.23. The Morgan fingerprint density at radius 3 is 2.64 bits per heavy atom. The lowest BCUT2D eigenvalue weighted by Crippen LogP contribution is -2.05. The number of halogens is 1. The maximum absolute atomic E-state index is 6.05. The van der Waals surface area contributed by atoms with Gasteiger partial charge in [0.25, 0.3) is 0 Å². The van der Waals surface area contributed by atoms with Crippen molar-refractivity contribution in [1.29, 1.82) is 0 Å². The number of epoxide rings is 1. The van der Waals surface area contributed by atoms with Crippen LogP contribution in [0.3, 0.4) is 0 Å². The van der Waals surface area contributed by atoms with E-state index in [0.717, 1.165) is 23.5 Å². The first-order chi connectivity index (χ1) is 6.57. The molecular formula is C11H13ClO2. The van der Waals surface area contributed by atoms with Crippen LogP contribution in [0.4, 0.5) is 0 Å². The van der Waals surface area contributed by atoms with E-state index in [1.165, 1.54) is 0 Å². The monoisotopic (exact) mass is 212 g/mol. The summed E-state index contributed by atoms with van der Waals surface area (Å²) in [6.45, 7) is 4.88. The van der Waals surface area contributed by atoms with Crippen LogP contribution in [0.1, 0.15) is 18.1 Å². The lowest BCUT2D eigenvalue weighted by atomic mass is 9.97. The van der Waals surface area contributed by atoms with Crippen molar-refractivity contribution in [2.24, 2.45) is 0 Å². The summed E-state index contributed by atoms with van der Waals surface area (Å²) in [5.41, 5.74) is 2.19. The minimum atomic E-state index is -0.125. The van der Waals surface area contributed by atoms with E-state index in [1.54, 1.807) is 7.11 Å². The summed E-state index contributed by atoms with van der Waals surface area (Å²) in [7, 11) is 1.62. The molecule has 0 bridgehead atoms. The van der Waals surface area contributed by atoms with Gasteiger partial charge in [-0.25, -0.2) is 0 Å². The van der Waals surface area contributed by atoms with Gasteiger partial charge in [-0.2, -0.15) is 0 Å². The fourth-order valence-corrected chi connectivity index (χ4v) is 1.89. The van der Waals surface area contributed by atoms with Crippen molar-refractivity contribution in [3.8, 4) is 5.75 Å². The van der Waals surface area contributed by atoms with Gasteiger partial charge in [0.05, 0.1) is 18.7 Å². The Balaban J connectivity index is 2.48. The molecule has 1 unspecified atom stereocenters. The van der Waals surface area contributed by atoms with Gasteiger partial charge in [-0.05, 0) is 37.1 Å². The third kappa shape index (κ3) is 1.49. The molecule has 0 radical (unpaired) electrons. The fourth-order valence-electron chi connectivity index (χ4n) is 1.64. The van der Waals surface area contributed by atoms with Crippen LogP contribution in [0.25, 0.3) is 0 Å². The Bertz CT molecular complexity index is 370. The highest BCUT2D eigenvalue weighted by atomic mass is 35.5. The summed E-state index contributed by atoms with van der Waals surface area (Å²) in [6, 6.07) is 3.88. The molecule has 0 N–H and O–H groups in total. The van der Waals surface area contributed by atoms with Gasteiger partial charge >= 0.3 is 0 Å². The highest BCUT2D eigenvalue weighted by molar-refractivity contribution is 6.32. The number of ether oxygens (including phenoxy) is 2. The lowest BCUT2D eigenvalue weighted by molar-refractivity contribution is 0.328. The van der Waals surface area contributed by atoms with Gasteiger partial charge in [-0.15, -0.1) is 0 Å². The summed E-state index contributed by atoms with van der Waals surface area (Å²) in [5, 5.41) is 0.643. The van der Waals surface area contributed by atoms with E-state index >= 15 is 0 Å². The quantitative estimate of drug-likeness (QED) is 0.704. The molecule has 1 aromatic carbocycles. The number of hydrogen-bond acceptors (Lipinski definition) is 2. The molecule has 1 fully saturated rings. The van der Waals surface area contributed by atoms with Crippen molar-refractivity contribution in [1.82, 2.24) is 0 Å². The summed E-state index contributed by atoms with van der Waals surface area (Å²) in [4.78, 5) is 0. The summed E-state index contributed by atoms with van der Waals surface area (Å²) < 4.78 is 10.5. The topological polar surface area (TPSA) is 21.8 Å². The molecule has 14 heavy (non-hydrogen) atoms. The molecule has 0 saturated carbocycles. The van der Waals surface area contributed by atoms with Crippen LogP contribution in [-0.4, -0.2) is 13.7 Å². The van der Waals surface area contributed by atoms with Crippen molar-refractivity contribution in [2.45, 2.75) is 19.4 Å². The molecule has 2 rings (SSSR count). The largest absolute Gasteiger partial charge is 0.495 e. The molecule has 1 aliphatic rings. The first-order valence-corrected chi connectivity index (χ1v) is 4.93. The van der Waals surface area contributed by atoms with Crippen molar-refractivity contribution >= 4 is 11.6 Å². The SMILES string of the molecule is COc1cc(C)c(C2(C)CO2)cc1Cl. The van der Waals surface area contributed by atoms with E-state index in [-0.39, 0.29) is 5.60 Å². The van der Waals surface area contributed by atoms with Gasteiger partial charge in [0, 0.05) is 0 Å². The third-order valence-electron chi connectivity index (χ3n) is 2.65. The van der Waals surface area contributed by atoms with Crippen LogP contribution in [-0.2, 0) is 10.3 Å². The second-order valence-electron chi connectivity index (χ2n) is 3.82. The van der Waals surface area contributed by atoms with Gasteiger partial charge in [-0.1, -0.05) is 11.6 Å². The van der Waals surface area contributed by atoms with E-state index in [2.05, 4.69) is 6.92 Å². The minimum Gasteiger partial charge on any atom is -0.495 e. The zero-order valence-corrected chi connectivity index (χ0v) is 9.31. The van der Waals surface area contributed by atoms with E-state index in [0.29, 0.717) is 5.02 Å². The molecule has 1 aliphatic heterocycles. The molecule has 0 spiro atoms. The molecule has 76 valence electrons. The van der Waals surface area contributed by atoms with Crippen LogP contribution >= 0.6 is 11.6 Å². The molecule has 1 heterocycles. The van der Waals surface area contributed by atoms with Crippen molar-refractivity contribution < 1.29 is 9.47 Å². The lowest BCUT2D eigenvalue weighted by Gasteiger charge is -2.12. The van der Waals surface area contributed by atoms with E-state index in [4.69, 9.17) is 21.1 Å². The van der Waals surface area contributed by atoms with Crippen molar-refractivity contribution in [2.75, 3.05) is 13.7 Å². The number of rotatable bonds is 2. The molecular weight excluding hydrogens is 200 g/mol. The van der Waals surface area contributed by atoms with Gasteiger partial charge in [0.1, 0.15) is 11.4 Å². The molecule has 1 atom stereocenters. The van der Waals surface area contributed by atoms with Gasteiger partial charge < -0.3 is 9.47 Å². The Morgan fingerprint density at radius 2 is 2.14 bits per heavy atom. The van der Waals surface area contributed by atoms with Crippen molar-refractivity contribution in [3.05, 3.63) is 28.3 Å². The number of aryl methyl sites for hydroxylation is 1. The zero-order chi connectivity index (χ0) is 10.3. The maximum atomic E-state index is 6.05. The minimum absolute atomic E-state index is 0.125. The average molecular weight is 213 g/mol. The van der Waals surface area contributed by atoms with Crippen LogP contribution in [0.15, 0.2) is 12.1 Å². The fraction of sp³-hybridized carbons (Fsp3) is 0.455. The Labute approximate surface area is 88.8 Å². The standard InChI is InChI=1S/C11H13ClO2/c1-7-4-10(13-3)9(12)5-8(7)11(2)6-14-11/h4-5H,6H2,1-3H3. The van der Waals surface area contributed by atoms with Crippen LogP contribution in [0.2, 0.25) is 5.02 Å². The Morgan fingerprint density at radius 1 is 1.50 bits per heavy atom. The third-order valence-corrected chi connectivity index (χ3v) is 2.94. The van der Waals surface area contributed by atoms with E-state index in [9.17, 15) is 0 Å². The van der Waals surface area contributed by atoms with E-state index in [1.807, 2.05) is 19.1 Å². The predicted octanol–water partition coefficient (Wildman–Crippen LogP) is 2.90. The van der Waals surface area contributed by atoms with Crippen molar-refractivity contribution in [3.63, 3.8) is 0 Å². The molecule has 0 amide bonds. The van der Waals surface area contributed by atoms with Gasteiger partial charge in [0.15, 0.2) is 0 Å². The number of hydrogen-bond donors (Lipinski definition) is 0. The summed E-state index contributed by atoms with van der Waals surface area (Å²) in [5.74, 6) is 0.720.